The topological polar surface area (TPSA) is 0 Å². The molecule has 26 heavy (non-hydrogen) atoms. The Bertz CT molecular complexity index is 1200. The Labute approximate surface area is 161 Å². The summed E-state index contributed by atoms with van der Waals surface area (Å²) < 4.78 is 11.4. The molecule has 0 amide bonds. The van der Waals surface area contributed by atoms with Crippen molar-refractivity contribution < 1.29 is 1.37 Å². The number of fused-ring (bicyclic) bond motifs is 3. The Morgan fingerprint density at radius 1 is 0.577 bits per heavy atom. The van der Waals surface area contributed by atoms with Crippen LogP contribution in [-0.2, 0) is 0 Å². The number of benzene rings is 4. The molecule has 0 aliphatic rings. The van der Waals surface area contributed by atoms with E-state index in [-0.39, 0.29) is 10.5 Å². The minimum absolute atomic E-state index is 0.204. The molecule has 0 N–H and O–H groups in total. The van der Waals surface area contributed by atoms with Gasteiger partial charge in [-0.05, 0) is 60.6 Å². The molecule has 5 rings (SSSR count). The first-order valence-corrected chi connectivity index (χ1v) is 10.6. The molecular formula is C24H17S2+. The van der Waals surface area contributed by atoms with Crippen molar-refractivity contribution in [3.8, 4) is 4.90 Å². The average molecular weight is 371 g/mol. The lowest BCUT2D eigenvalue weighted by atomic mass is 10.2. The Morgan fingerprint density at radius 3 is 1.81 bits per heavy atom. The third-order valence-electron chi connectivity index (χ3n) is 4.46. The molecule has 5 aromatic rings. The van der Waals surface area contributed by atoms with Crippen molar-refractivity contribution in [1.29, 1.82) is 0 Å². The minimum Gasteiger partial charge on any atom is -0.0901 e. The smallest absolute Gasteiger partial charge is 0.0901 e. The van der Waals surface area contributed by atoms with Gasteiger partial charge in [-0.2, -0.15) is 0 Å². The molecule has 0 atom stereocenters. The minimum atomic E-state index is -0.204. The monoisotopic (exact) mass is 370 g/mol. The first-order chi connectivity index (χ1) is 13.3. The zero-order chi connectivity index (χ0) is 18.2. The van der Waals surface area contributed by atoms with Crippen LogP contribution < -0.4 is 0 Å². The molecule has 2 heteroatoms. The van der Waals surface area contributed by atoms with Crippen LogP contribution in [0.5, 0.6) is 0 Å². The summed E-state index contributed by atoms with van der Waals surface area (Å²) in [7, 11) is -0.204. The fourth-order valence-electron chi connectivity index (χ4n) is 3.30. The molecule has 0 unspecified atom stereocenters. The largest absolute Gasteiger partial charge is 0.187 e. The van der Waals surface area contributed by atoms with E-state index in [0.717, 1.165) is 9.79 Å². The molecule has 0 bridgehead atoms. The lowest BCUT2D eigenvalue weighted by Crippen LogP contribution is -1.75. The number of rotatable bonds is 3. The fourth-order valence-corrected chi connectivity index (χ4v) is 6.44. The van der Waals surface area contributed by atoms with Crippen molar-refractivity contribution in [2.24, 2.45) is 0 Å². The SMILES string of the molecule is [2H]c1cc(Sc2ccccc2)ccc1-[s+]1c2ccccc2c2ccccc21. The highest BCUT2D eigenvalue weighted by Gasteiger charge is 2.22. The van der Waals surface area contributed by atoms with Gasteiger partial charge in [0.15, 0.2) is 14.3 Å². The van der Waals surface area contributed by atoms with Gasteiger partial charge in [0.25, 0.3) is 0 Å². The van der Waals surface area contributed by atoms with E-state index < -0.39 is 0 Å². The molecule has 0 fully saturated rings. The van der Waals surface area contributed by atoms with Crippen molar-refractivity contribution in [1.82, 2.24) is 0 Å². The van der Waals surface area contributed by atoms with E-state index in [9.17, 15) is 0 Å². The molecule has 0 saturated carbocycles. The van der Waals surface area contributed by atoms with E-state index in [1.807, 2.05) is 24.3 Å². The van der Waals surface area contributed by atoms with Gasteiger partial charge >= 0.3 is 0 Å². The summed E-state index contributed by atoms with van der Waals surface area (Å²) in [5, 5.41) is 2.61. The van der Waals surface area contributed by atoms with Crippen LogP contribution >= 0.6 is 22.2 Å². The van der Waals surface area contributed by atoms with Crippen molar-refractivity contribution >= 4 is 42.4 Å². The van der Waals surface area contributed by atoms with E-state index in [0.29, 0.717) is 6.04 Å². The van der Waals surface area contributed by atoms with Gasteiger partial charge in [-0.25, -0.2) is 0 Å². The van der Waals surface area contributed by atoms with Crippen LogP contribution in [0.3, 0.4) is 0 Å². The van der Waals surface area contributed by atoms with Gasteiger partial charge in [0.05, 0.1) is 1.37 Å². The second-order valence-electron chi connectivity index (χ2n) is 6.10. The van der Waals surface area contributed by atoms with Gasteiger partial charge in [0.1, 0.15) is 0 Å². The van der Waals surface area contributed by atoms with Crippen LogP contribution in [0.4, 0.5) is 0 Å². The highest BCUT2D eigenvalue weighted by atomic mass is 32.2. The third kappa shape index (κ3) is 2.72. The van der Waals surface area contributed by atoms with Gasteiger partial charge in [-0.15, -0.1) is 0 Å². The van der Waals surface area contributed by atoms with Crippen molar-refractivity contribution in [3.63, 3.8) is 0 Å². The summed E-state index contributed by atoms with van der Waals surface area (Å²) in [6.07, 6.45) is 0. The normalized spacial score (nSPS) is 11.8. The zero-order valence-corrected chi connectivity index (χ0v) is 15.7. The van der Waals surface area contributed by atoms with Crippen LogP contribution in [0.25, 0.3) is 25.1 Å². The zero-order valence-electron chi connectivity index (χ0n) is 15.1. The third-order valence-corrected chi connectivity index (χ3v) is 7.74. The first kappa shape index (κ1) is 14.6. The second-order valence-corrected chi connectivity index (χ2v) is 9.18. The Kier molecular flexibility index (Phi) is 3.73. The first-order valence-electron chi connectivity index (χ1n) is 9.07. The summed E-state index contributed by atoms with van der Waals surface area (Å²) in [4.78, 5) is 3.41. The van der Waals surface area contributed by atoms with Gasteiger partial charge in [-0.3, -0.25) is 0 Å². The summed E-state index contributed by atoms with van der Waals surface area (Å²) >= 11 is 1.71. The molecule has 124 valence electrons. The van der Waals surface area contributed by atoms with Crippen molar-refractivity contribution in [2.75, 3.05) is 0 Å². The quantitative estimate of drug-likeness (QED) is 0.291. The van der Waals surface area contributed by atoms with Gasteiger partial charge in [-0.1, -0.05) is 54.2 Å². The van der Waals surface area contributed by atoms with Gasteiger partial charge in [0.2, 0.25) is 0 Å². The highest BCUT2D eigenvalue weighted by Crippen LogP contribution is 2.48. The predicted octanol–water partition coefficient (Wildman–Crippen LogP) is 7.88. The molecule has 1 aromatic heterocycles. The van der Waals surface area contributed by atoms with Crippen LogP contribution in [0.2, 0.25) is 0 Å². The molecule has 1 heterocycles. The van der Waals surface area contributed by atoms with Crippen molar-refractivity contribution in [2.45, 2.75) is 9.79 Å². The van der Waals surface area contributed by atoms with E-state index in [4.69, 9.17) is 1.37 Å². The van der Waals surface area contributed by atoms with Crippen LogP contribution in [0.1, 0.15) is 1.37 Å². The molecule has 0 radical (unpaired) electrons. The highest BCUT2D eigenvalue weighted by molar-refractivity contribution is 7.99. The van der Waals surface area contributed by atoms with Crippen LogP contribution in [0.15, 0.2) is 113 Å². The van der Waals surface area contributed by atoms with E-state index in [2.05, 4.69) is 72.8 Å². The maximum atomic E-state index is 8.72. The molecule has 0 nitrogen and oxygen atoms in total. The number of thiophene rings is 1. The summed E-state index contributed by atoms with van der Waals surface area (Å²) in [5.41, 5.74) is 0. The number of hydrogen-bond acceptors (Lipinski definition) is 1. The van der Waals surface area contributed by atoms with Gasteiger partial charge < -0.3 is 0 Å². The maximum absolute atomic E-state index is 8.72. The molecule has 0 spiro atoms. The van der Waals surface area contributed by atoms with Crippen LogP contribution in [0, 0.1) is 0 Å². The predicted molar refractivity (Wildman–Crippen MR) is 116 cm³/mol. The number of hydrogen-bond donors (Lipinski definition) is 0. The Balaban J connectivity index is 1.66. The average Bonchev–Trinajstić information content (AvgIpc) is 3.04. The fraction of sp³-hybridized carbons (Fsp3) is 0. The molecule has 4 aromatic carbocycles. The second kappa shape index (κ2) is 6.64. The molecular weight excluding hydrogens is 352 g/mol. The Hall–Kier alpha value is -2.55. The molecule has 0 saturated heterocycles. The summed E-state index contributed by atoms with van der Waals surface area (Å²) in [6, 6.07) is 34.5. The summed E-state index contributed by atoms with van der Waals surface area (Å²) in [6.45, 7) is 0. The summed E-state index contributed by atoms with van der Waals surface area (Å²) in [5.74, 6) is 0. The Morgan fingerprint density at radius 2 is 1.15 bits per heavy atom. The van der Waals surface area contributed by atoms with Gasteiger partial charge in [0, 0.05) is 31.0 Å². The standard InChI is InChI=1S/C24H17S2/c1-2-8-18(9-3-1)25-19-14-16-20(17-15-19)26-23-12-6-4-10-21(23)22-11-5-7-13-24(22)26/h1-17H/q+1/i16D. The maximum Gasteiger partial charge on any atom is 0.187 e. The van der Waals surface area contributed by atoms with E-state index in [1.54, 1.807) is 11.8 Å². The molecule has 0 aliphatic carbocycles. The van der Waals surface area contributed by atoms with E-state index in [1.165, 1.54) is 25.1 Å². The lowest BCUT2D eigenvalue weighted by molar-refractivity contribution is 1.41. The molecule has 0 aliphatic heterocycles. The van der Waals surface area contributed by atoms with Crippen LogP contribution in [-0.4, -0.2) is 0 Å². The van der Waals surface area contributed by atoms with E-state index >= 15 is 0 Å². The lowest BCUT2D eigenvalue weighted by Gasteiger charge is -2.01. The van der Waals surface area contributed by atoms with Crippen molar-refractivity contribution in [3.05, 3.63) is 103 Å².